The molecule has 2 heteroatoms. The monoisotopic (exact) mass is 344 g/mol. The Morgan fingerprint density at radius 2 is 1.07 bits per heavy atom. The van der Waals surface area contributed by atoms with Crippen LogP contribution in [0.5, 0.6) is 0 Å². The third kappa shape index (κ3) is 1.82. The van der Waals surface area contributed by atoms with Crippen molar-refractivity contribution >= 4 is 27.5 Å². The Bertz CT molecular complexity index is 1340. The maximum absolute atomic E-state index is 8.86. The van der Waals surface area contributed by atoms with Gasteiger partial charge < -0.3 is 4.57 Å². The lowest BCUT2D eigenvalue weighted by molar-refractivity contribution is 1.17. The summed E-state index contributed by atoms with van der Waals surface area (Å²) in [6, 6.07) is 31.6. The van der Waals surface area contributed by atoms with Gasteiger partial charge >= 0.3 is 0 Å². The van der Waals surface area contributed by atoms with Gasteiger partial charge in [0.15, 0.2) is 0 Å². The Morgan fingerprint density at radius 3 is 1.78 bits per heavy atom. The fraction of sp³-hybridized carbons (Fsp3) is 0. The second kappa shape index (κ2) is 5.18. The lowest BCUT2D eigenvalue weighted by Crippen LogP contribution is -2.04. The number of benzene rings is 4. The molecule has 0 aliphatic heterocycles. The van der Waals surface area contributed by atoms with E-state index in [1.807, 2.05) is 18.2 Å². The molecule has 0 amide bonds. The number of hydrogen-bond donors (Lipinski definition) is 1. The summed E-state index contributed by atoms with van der Waals surface area (Å²) < 4.78 is 2.31. The lowest BCUT2D eigenvalue weighted by Gasteiger charge is -2.13. The van der Waals surface area contributed by atoms with Crippen LogP contribution in [-0.4, -0.2) is 10.3 Å². The van der Waals surface area contributed by atoms with E-state index in [2.05, 4.69) is 77.4 Å². The van der Waals surface area contributed by atoms with Crippen LogP contribution < -0.4 is 0 Å². The Morgan fingerprint density at radius 1 is 0.519 bits per heavy atom. The molecule has 6 rings (SSSR count). The molecule has 0 saturated heterocycles. The van der Waals surface area contributed by atoms with E-state index in [1.54, 1.807) is 0 Å². The van der Waals surface area contributed by atoms with Gasteiger partial charge in [0.1, 0.15) is 0 Å². The van der Waals surface area contributed by atoms with E-state index in [9.17, 15) is 0 Å². The molecular weight excluding hydrogens is 328 g/mol. The normalized spacial score (nSPS) is 12.5. The minimum atomic E-state index is 0.609. The second-order valence-corrected chi connectivity index (χ2v) is 6.99. The summed E-state index contributed by atoms with van der Waals surface area (Å²) in [5, 5.41) is 11.3. The summed E-state index contributed by atoms with van der Waals surface area (Å²) in [4.78, 5) is 0. The molecule has 1 heterocycles. The van der Waals surface area contributed by atoms with E-state index in [0.717, 1.165) is 27.9 Å². The molecule has 4 aromatic carbocycles. The van der Waals surface area contributed by atoms with Crippen LogP contribution in [0.2, 0.25) is 0 Å². The first-order chi connectivity index (χ1) is 13.3. The maximum atomic E-state index is 8.86. The first-order valence-electron chi connectivity index (χ1n) is 9.15. The van der Waals surface area contributed by atoms with Gasteiger partial charge in [-0.05, 0) is 29.3 Å². The molecule has 0 saturated carbocycles. The van der Waals surface area contributed by atoms with E-state index in [4.69, 9.17) is 5.41 Å². The van der Waals surface area contributed by atoms with Crippen LogP contribution in [0.1, 0.15) is 11.1 Å². The summed E-state index contributed by atoms with van der Waals surface area (Å²) in [6.07, 6.45) is 0. The Balaban J connectivity index is 1.77. The SMILES string of the molecule is N=C1c2ccccc2-c2cccc(-n3c4ccccc4c4ccccc43)c21. The molecule has 126 valence electrons. The number of rotatable bonds is 1. The van der Waals surface area contributed by atoms with Crippen LogP contribution >= 0.6 is 0 Å². The van der Waals surface area contributed by atoms with Crippen molar-refractivity contribution in [3.63, 3.8) is 0 Å². The molecule has 0 spiro atoms. The van der Waals surface area contributed by atoms with Crippen molar-refractivity contribution < 1.29 is 0 Å². The van der Waals surface area contributed by atoms with Gasteiger partial charge in [-0.15, -0.1) is 0 Å². The average molecular weight is 344 g/mol. The third-order valence-corrected chi connectivity index (χ3v) is 5.60. The number of nitrogens with one attached hydrogen (secondary N) is 1. The minimum absolute atomic E-state index is 0.609. The largest absolute Gasteiger partial charge is 0.309 e. The molecule has 0 unspecified atom stereocenters. The van der Waals surface area contributed by atoms with E-state index in [1.165, 1.54) is 21.8 Å². The summed E-state index contributed by atoms with van der Waals surface area (Å²) in [5.41, 5.74) is 8.37. The van der Waals surface area contributed by atoms with Crippen molar-refractivity contribution in [2.24, 2.45) is 0 Å². The van der Waals surface area contributed by atoms with Crippen molar-refractivity contribution in [2.45, 2.75) is 0 Å². The van der Waals surface area contributed by atoms with Crippen molar-refractivity contribution in [3.05, 3.63) is 102 Å². The highest BCUT2D eigenvalue weighted by atomic mass is 15.0. The zero-order chi connectivity index (χ0) is 18.0. The average Bonchev–Trinajstić information content (AvgIpc) is 3.22. The summed E-state index contributed by atoms with van der Waals surface area (Å²) in [5.74, 6) is 0. The van der Waals surface area contributed by atoms with Gasteiger partial charge in [-0.2, -0.15) is 0 Å². The van der Waals surface area contributed by atoms with Gasteiger partial charge in [-0.1, -0.05) is 72.8 Å². The van der Waals surface area contributed by atoms with Crippen molar-refractivity contribution in [2.75, 3.05) is 0 Å². The topological polar surface area (TPSA) is 28.8 Å². The molecule has 0 fully saturated rings. The number of aromatic nitrogens is 1. The first kappa shape index (κ1) is 14.5. The molecule has 0 bridgehead atoms. The van der Waals surface area contributed by atoms with Crippen LogP contribution in [-0.2, 0) is 0 Å². The molecule has 1 N–H and O–H groups in total. The van der Waals surface area contributed by atoms with E-state index in [-0.39, 0.29) is 0 Å². The molecule has 1 aliphatic carbocycles. The quantitative estimate of drug-likeness (QED) is 0.369. The molecule has 0 radical (unpaired) electrons. The predicted octanol–water partition coefficient (Wildman–Crippen LogP) is 6.18. The molecule has 27 heavy (non-hydrogen) atoms. The predicted molar refractivity (Wildman–Crippen MR) is 112 cm³/mol. The first-order valence-corrected chi connectivity index (χ1v) is 9.15. The van der Waals surface area contributed by atoms with E-state index >= 15 is 0 Å². The van der Waals surface area contributed by atoms with Gasteiger partial charge in [0, 0.05) is 21.9 Å². The molecule has 0 atom stereocenters. The molecular formula is C25H16N2. The lowest BCUT2D eigenvalue weighted by atomic mass is 10.0. The van der Waals surface area contributed by atoms with Crippen molar-refractivity contribution in [1.29, 1.82) is 5.41 Å². The van der Waals surface area contributed by atoms with E-state index in [0.29, 0.717) is 5.71 Å². The van der Waals surface area contributed by atoms with Gasteiger partial charge in [0.05, 0.1) is 22.4 Å². The maximum Gasteiger partial charge on any atom is 0.0718 e. The standard InChI is InChI=1S/C25H16N2/c26-25-20-11-2-1-8-16(20)19-12-7-15-23(24(19)25)27-21-13-5-3-9-17(21)18-10-4-6-14-22(18)27/h1-15,26H. The smallest absolute Gasteiger partial charge is 0.0718 e. The van der Waals surface area contributed by atoms with Gasteiger partial charge in [-0.25, -0.2) is 0 Å². The highest BCUT2D eigenvalue weighted by molar-refractivity contribution is 6.25. The number of fused-ring (bicyclic) bond motifs is 6. The number of para-hydroxylation sites is 2. The van der Waals surface area contributed by atoms with Crippen LogP contribution in [0, 0.1) is 5.41 Å². The van der Waals surface area contributed by atoms with Gasteiger partial charge in [0.2, 0.25) is 0 Å². The molecule has 1 aromatic heterocycles. The second-order valence-electron chi connectivity index (χ2n) is 6.99. The van der Waals surface area contributed by atoms with Crippen LogP contribution in [0.4, 0.5) is 0 Å². The highest BCUT2D eigenvalue weighted by Gasteiger charge is 2.27. The van der Waals surface area contributed by atoms with Gasteiger partial charge in [-0.3, -0.25) is 5.41 Å². The zero-order valence-corrected chi connectivity index (χ0v) is 14.6. The van der Waals surface area contributed by atoms with Gasteiger partial charge in [0.25, 0.3) is 0 Å². The van der Waals surface area contributed by atoms with Crippen LogP contribution in [0.3, 0.4) is 0 Å². The number of hydrogen-bond acceptors (Lipinski definition) is 1. The Labute approximate surface area is 156 Å². The molecule has 1 aliphatic rings. The van der Waals surface area contributed by atoms with Crippen LogP contribution in [0.25, 0.3) is 38.6 Å². The summed E-state index contributed by atoms with van der Waals surface area (Å²) in [6.45, 7) is 0. The minimum Gasteiger partial charge on any atom is -0.309 e. The Kier molecular flexibility index (Phi) is 2.78. The zero-order valence-electron chi connectivity index (χ0n) is 14.6. The van der Waals surface area contributed by atoms with Crippen molar-refractivity contribution in [1.82, 2.24) is 4.57 Å². The molecule has 5 aromatic rings. The van der Waals surface area contributed by atoms with Crippen molar-refractivity contribution in [3.8, 4) is 16.8 Å². The number of nitrogens with zero attached hydrogens (tertiary/aromatic N) is 1. The Hall–Kier alpha value is -3.65. The van der Waals surface area contributed by atoms with E-state index < -0.39 is 0 Å². The summed E-state index contributed by atoms with van der Waals surface area (Å²) in [7, 11) is 0. The molecule has 2 nitrogen and oxygen atoms in total. The third-order valence-electron chi connectivity index (χ3n) is 5.60. The fourth-order valence-electron chi connectivity index (χ4n) is 4.47. The fourth-order valence-corrected chi connectivity index (χ4v) is 4.47. The van der Waals surface area contributed by atoms with Crippen LogP contribution in [0.15, 0.2) is 91.0 Å². The summed E-state index contributed by atoms with van der Waals surface area (Å²) >= 11 is 0. The highest BCUT2D eigenvalue weighted by Crippen LogP contribution is 2.41.